The quantitative estimate of drug-likeness (QED) is 0.132. The average Bonchev–Trinajstić information content (AvgIpc) is 2.94. The number of aliphatic imine (C=N–C) groups is 1. The summed E-state index contributed by atoms with van der Waals surface area (Å²) in [6.45, 7) is 18.0. The maximum atomic E-state index is 7.85. The molecule has 6 heteroatoms. The molecule has 1 aromatic heterocycles. The fourth-order valence-electron chi connectivity index (χ4n) is 4.26. The number of nitrogen functional groups attached to an aromatic ring is 1. The summed E-state index contributed by atoms with van der Waals surface area (Å²) in [5, 5.41) is 8.90. The molecule has 0 saturated carbocycles. The van der Waals surface area contributed by atoms with Crippen molar-refractivity contribution in [3.63, 3.8) is 0 Å². The molecule has 200 valence electrons. The number of benzene rings is 2. The maximum Gasteiger partial charge on any atom is 0.0758 e. The molecule has 1 aliphatic carbocycles. The Bertz CT molecular complexity index is 1200. The van der Waals surface area contributed by atoms with Crippen molar-refractivity contribution in [2.45, 2.75) is 71.6 Å². The van der Waals surface area contributed by atoms with Crippen LogP contribution in [0.4, 0.5) is 11.4 Å². The molecule has 5 N–H and O–H groups in total. The van der Waals surface area contributed by atoms with Crippen LogP contribution in [0, 0.1) is 5.41 Å². The standard InChI is InChI=1S/C22H22N4S.C5H11N.2C2H6/c1-25-18-9-7-13(11-20(18)27-2)22-15-6-4-3-5-14(15)21-16(12-23)17(24)8-10-19(21)26-22;1-5(2)3-4-6;2*1-2/h7-12,23H,1,3-6,24H2,2H3;1,3-4,6H2,2H3;2*1-2H3. The van der Waals surface area contributed by atoms with Gasteiger partial charge in [0.1, 0.15) is 0 Å². The molecular weight excluding hydrogens is 474 g/mol. The van der Waals surface area contributed by atoms with Crippen LogP contribution in [0.5, 0.6) is 0 Å². The predicted molar refractivity (Wildman–Crippen MR) is 168 cm³/mol. The normalized spacial score (nSPS) is 11.4. The first kappa shape index (κ1) is 32.1. The van der Waals surface area contributed by atoms with Crippen molar-refractivity contribution in [3.8, 4) is 11.3 Å². The lowest BCUT2D eigenvalue weighted by molar-refractivity contribution is 0.689. The third kappa shape index (κ3) is 8.01. The van der Waals surface area contributed by atoms with Gasteiger partial charge in [-0.15, -0.1) is 18.3 Å². The van der Waals surface area contributed by atoms with Crippen LogP contribution in [0.3, 0.4) is 0 Å². The number of pyridine rings is 1. The van der Waals surface area contributed by atoms with Crippen LogP contribution in [-0.4, -0.2) is 30.7 Å². The summed E-state index contributed by atoms with van der Waals surface area (Å²) in [5.41, 5.74) is 20.5. The van der Waals surface area contributed by atoms with E-state index < -0.39 is 0 Å². The molecule has 0 atom stereocenters. The largest absolute Gasteiger partial charge is 0.398 e. The smallest absolute Gasteiger partial charge is 0.0758 e. The van der Waals surface area contributed by atoms with Crippen LogP contribution in [0.25, 0.3) is 22.2 Å². The monoisotopic (exact) mass is 519 g/mol. The van der Waals surface area contributed by atoms with Gasteiger partial charge in [-0.1, -0.05) is 39.3 Å². The highest BCUT2D eigenvalue weighted by atomic mass is 32.2. The van der Waals surface area contributed by atoms with E-state index in [1.165, 1.54) is 17.3 Å². The Balaban J connectivity index is 0.000000595. The SMILES string of the molecule is C=C(C)CCN.C=Nc1ccc(-c2nc3ccc(N)c(C=N)c3c3c2CCCC3)cc1SC.CC.CC. The molecule has 3 aromatic rings. The third-order valence-corrected chi connectivity index (χ3v) is 6.65. The van der Waals surface area contributed by atoms with Crippen molar-refractivity contribution in [2.24, 2.45) is 10.7 Å². The molecule has 37 heavy (non-hydrogen) atoms. The topological polar surface area (TPSA) is 101 Å². The second-order valence-electron chi connectivity index (χ2n) is 8.27. The van der Waals surface area contributed by atoms with E-state index in [-0.39, 0.29) is 0 Å². The first-order chi connectivity index (χ1) is 17.9. The average molecular weight is 520 g/mol. The van der Waals surface area contributed by atoms with Gasteiger partial charge >= 0.3 is 0 Å². The molecule has 0 aliphatic heterocycles. The number of aromatic nitrogens is 1. The number of nitrogens with zero attached hydrogens (tertiary/aromatic N) is 2. The second kappa shape index (κ2) is 16.7. The molecular formula is C31H45N5S. The summed E-state index contributed by atoms with van der Waals surface area (Å²) in [7, 11) is 0. The van der Waals surface area contributed by atoms with Crippen molar-refractivity contribution < 1.29 is 0 Å². The molecule has 0 bridgehead atoms. The van der Waals surface area contributed by atoms with Crippen molar-refractivity contribution in [2.75, 3.05) is 18.5 Å². The van der Waals surface area contributed by atoms with E-state index in [9.17, 15) is 0 Å². The van der Waals surface area contributed by atoms with Crippen LogP contribution in [0.2, 0.25) is 0 Å². The molecule has 0 saturated heterocycles. The number of rotatable bonds is 6. The highest BCUT2D eigenvalue weighted by Crippen LogP contribution is 2.39. The van der Waals surface area contributed by atoms with Crippen molar-refractivity contribution in [1.29, 1.82) is 5.41 Å². The molecule has 4 rings (SSSR count). The zero-order chi connectivity index (χ0) is 28.0. The summed E-state index contributed by atoms with van der Waals surface area (Å²) in [4.78, 5) is 10.2. The second-order valence-corrected chi connectivity index (χ2v) is 9.12. The number of nitrogens with two attached hydrogens (primary N) is 2. The third-order valence-electron chi connectivity index (χ3n) is 5.88. The lowest BCUT2D eigenvalue weighted by atomic mass is 9.85. The Hall–Kier alpha value is -2.96. The Morgan fingerprint density at radius 3 is 2.27 bits per heavy atom. The van der Waals surface area contributed by atoms with Crippen LogP contribution < -0.4 is 11.5 Å². The Labute approximate surface area is 228 Å². The number of thioether (sulfide) groups is 1. The molecule has 1 aliphatic rings. The minimum atomic E-state index is 0.644. The first-order valence-electron chi connectivity index (χ1n) is 13.2. The van der Waals surface area contributed by atoms with E-state index in [1.54, 1.807) is 11.8 Å². The first-order valence-corrected chi connectivity index (χ1v) is 14.4. The van der Waals surface area contributed by atoms with E-state index in [0.717, 1.165) is 82.5 Å². The molecule has 5 nitrogen and oxygen atoms in total. The van der Waals surface area contributed by atoms with Gasteiger partial charge in [0.05, 0.1) is 16.9 Å². The zero-order valence-corrected chi connectivity index (χ0v) is 24.4. The van der Waals surface area contributed by atoms with Gasteiger partial charge in [0, 0.05) is 33.3 Å². The maximum absolute atomic E-state index is 7.85. The van der Waals surface area contributed by atoms with Gasteiger partial charge in [0.15, 0.2) is 0 Å². The Kier molecular flexibility index (Phi) is 14.5. The minimum absolute atomic E-state index is 0.644. The zero-order valence-electron chi connectivity index (χ0n) is 23.6. The molecule has 0 spiro atoms. The van der Waals surface area contributed by atoms with Crippen LogP contribution in [0.1, 0.15) is 70.6 Å². The van der Waals surface area contributed by atoms with Crippen molar-refractivity contribution >= 4 is 47.0 Å². The van der Waals surface area contributed by atoms with Gasteiger partial charge < -0.3 is 16.9 Å². The van der Waals surface area contributed by atoms with Gasteiger partial charge in [-0.05, 0) is 93.9 Å². The highest BCUT2D eigenvalue weighted by Gasteiger charge is 2.22. The molecule has 1 heterocycles. The van der Waals surface area contributed by atoms with Gasteiger partial charge in [-0.3, -0.25) is 4.99 Å². The molecule has 2 aromatic carbocycles. The molecule has 0 amide bonds. The Morgan fingerprint density at radius 1 is 1.11 bits per heavy atom. The fourth-order valence-corrected chi connectivity index (χ4v) is 4.85. The van der Waals surface area contributed by atoms with Crippen molar-refractivity contribution in [3.05, 3.63) is 59.2 Å². The van der Waals surface area contributed by atoms with E-state index in [1.807, 2.05) is 52.8 Å². The van der Waals surface area contributed by atoms with E-state index in [2.05, 4.69) is 36.7 Å². The number of anilines is 1. The van der Waals surface area contributed by atoms with Crippen LogP contribution in [0.15, 0.2) is 52.4 Å². The summed E-state index contributed by atoms with van der Waals surface area (Å²) >= 11 is 1.67. The van der Waals surface area contributed by atoms with Gasteiger partial charge in [-0.25, -0.2) is 4.98 Å². The predicted octanol–water partition coefficient (Wildman–Crippen LogP) is 8.38. The minimum Gasteiger partial charge on any atom is -0.398 e. The van der Waals surface area contributed by atoms with E-state index in [0.29, 0.717) is 5.69 Å². The number of fused-ring (bicyclic) bond motifs is 3. The number of hydrogen-bond acceptors (Lipinski definition) is 6. The summed E-state index contributed by atoms with van der Waals surface area (Å²) in [5.74, 6) is 0. The van der Waals surface area contributed by atoms with Crippen LogP contribution in [-0.2, 0) is 12.8 Å². The van der Waals surface area contributed by atoms with Crippen molar-refractivity contribution in [1.82, 2.24) is 4.98 Å². The number of hydrogen-bond donors (Lipinski definition) is 3. The molecule has 0 unspecified atom stereocenters. The number of aryl methyl sites for hydroxylation is 1. The van der Waals surface area contributed by atoms with Gasteiger partial charge in [-0.2, -0.15) is 0 Å². The van der Waals surface area contributed by atoms with Crippen LogP contribution >= 0.6 is 11.8 Å². The lowest BCUT2D eigenvalue weighted by Crippen LogP contribution is -2.09. The summed E-state index contributed by atoms with van der Waals surface area (Å²) in [6, 6.07) is 10.1. The fraction of sp³-hybridized carbons (Fsp3) is 0.387. The van der Waals surface area contributed by atoms with Gasteiger partial charge in [0.25, 0.3) is 0 Å². The van der Waals surface area contributed by atoms with E-state index in [4.69, 9.17) is 21.9 Å². The van der Waals surface area contributed by atoms with Gasteiger partial charge in [0.2, 0.25) is 0 Å². The van der Waals surface area contributed by atoms with E-state index >= 15 is 0 Å². The molecule has 0 radical (unpaired) electrons. The Morgan fingerprint density at radius 2 is 1.76 bits per heavy atom. The number of nitrogens with one attached hydrogen (secondary N) is 1. The molecule has 0 fully saturated rings. The lowest BCUT2D eigenvalue weighted by Gasteiger charge is -2.23. The summed E-state index contributed by atoms with van der Waals surface area (Å²) in [6.07, 6.45) is 8.72. The highest BCUT2D eigenvalue weighted by molar-refractivity contribution is 7.98. The summed E-state index contributed by atoms with van der Waals surface area (Å²) < 4.78 is 0.